The fourth-order valence-electron chi connectivity index (χ4n) is 2.81. The van der Waals surface area contributed by atoms with Gasteiger partial charge in [0.1, 0.15) is 5.75 Å². The number of fused-ring (bicyclic) bond motifs is 3. The number of phenols is 1. The molecule has 0 fully saturated rings. The van der Waals surface area contributed by atoms with Crippen molar-refractivity contribution in [3.8, 4) is 5.75 Å². The predicted molar refractivity (Wildman–Crippen MR) is 70.8 cm³/mol. The van der Waals surface area contributed by atoms with Crippen LogP contribution in [-0.4, -0.2) is 11.4 Å². The van der Waals surface area contributed by atoms with Crippen molar-refractivity contribution < 1.29 is 14.3 Å². The molecule has 0 bridgehead atoms. The molecule has 19 heavy (non-hydrogen) atoms. The van der Waals surface area contributed by atoms with Gasteiger partial charge in [-0.15, -0.1) is 0 Å². The second-order valence-electron chi connectivity index (χ2n) is 4.90. The van der Waals surface area contributed by atoms with E-state index in [1.165, 1.54) is 6.07 Å². The fourth-order valence-corrected chi connectivity index (χ4v) is 2.81. The Hall–Kier alpha value is -2.10. The average Bonchev–Trinajstić information content (AvgIpc) is 2.65. The fraction of sp³-hybridized carbons (Fsp3) is 0.333. The van der Waals surface area contributed by atoms with E-state index >= 15 is 0 Å². The molecule has 0 aliphatic heterocycles. The average molecular weight is 258 g/mol. The summed E-state index contributed by atoms with van der Waals surface area (Å²) in [4.78, 5) is 23.1. The molecule has 4 nitrogen and oxygen atoms in total. The maximum atomic E-state index is 12.0. The number of benzene rings is 1. The van der Waals surface area contributed by atoms with Gasteiger partial charge in [-0.2, -0.15) is 0 Å². The van der Waals surface area contributed by atoms with Crippen LogP contribution in [0, 0.1) is 0 Å². The van der Waals surface area contributed by atoms with Crippen LogP contribution < -0.4 is 5.63 Å². The van der Waals surface area contributed by atoms with Gasteiger partial charge in [0.2, 0.25) is 0 Å². The van der Waals surface area contributed by atoms with Gasteiger partial charge in [-0.05, 0) is 43.4 Å². The maximum Gasteiger partial charge on any atom is 0.339 e. The van der Waals surface area contributed by atoms with Gasteiger partial charge in [-0.1, -0.05) is 6.42 Å². The molecule has 1 aliphatic carbocycles. The second kappa shape index (κ2) is 4.53. The highest BCUT2D eigenvalue weighted by Gasteiger charge is 2.19. The highest BCUT2D eigenvalue weighted by atomic mass is 16.4. The van der Waals surface area contributed by atoms with Crippen LogP contribution in [0.2, 0.25) is 0 Å². The van der Waals surface area contributed by atoms with Crippen LogP contribution in [0.25, 0.3) is 11.0 Å². The van der Waals surface area contributed by atoms with Gasteiger partial charge < -0.3 is 9.52 Å². The van der Waals surface area contributed by atoms with Gasteiger partial charge in [-0.3, -0.25) is 4.79 Å². The molecular formula is C15H14O4. The monoisotopic (exact) mass is 258 g/mol. The number of aromatic hydroxyl groups is 1. The molecule has 0 spiro atoms. The van der Waals surface area contributed by atoms with Gasteiger partial charge in [0, 0.05) is 10.9 Å². The molecule has 0 radical (unpaired) electrons. The summed E-state index contributed by atoms with van der Waals surface area (Å²) in [5.74, 6) is -0.153. The highest BCUT2D eigenvalue weighted by Crippen LogP contribution is 2.31. The molecule has 1 aromatic heterocycles. The maximum absolute atomic E-state index is 12.0. The van der Waals surface area contributed by atoms with Crippen molar-refractivity contribution in [2.45, 2.75) is 32.1 Å². The number of rotatable bonds is 1. The SMILES string of the molecule is O=Cc1c(O)ccc2c3c(c(=O)oc12)CCCCC3. The van der Waals surface area contributed by atoms with Gasteiger partial charge in [-0.25, -0.2) is 4.79 Å². The molecule has 4 heteroatoms. The van der Waals surface area contributed by atoms with E-state index in [2.05, 4.69) is 0 Å². The zero-order valence-corrected chi connectivity index (χ0v) is 10.4. The Morgan fingerprint density at radius 1 is 1.11 bits per heavy atom. The second-order valence-corrected chi connectivity index (χ2v) is 4.90. The molecule has 1 aromatic carbocycles. The van der Waals surface area contributed by atoms with Crippen LogP contribution in [0.3, 0.4) is 0 Å². The first-order valence-electron chi connectivity index (χ1n) is 6.48. The summed E-state index contributed by atoms with van der Waals surface area (Å²) in [7, 11) is 0. The summed E-state index contributed by atoms with van der Waals surface area (Å²) in [6.07, 6.45) is 5.19. The van der Waals surface area contributed by atoms with E-state index in [0.717, 1.165) is 48.6 Å². The minimum Gasteiger partial charge on any atom is -0.507 e. The van der Waals surface area contributed by atoms with Crippen LogP contribution in [0.5, 0.6) is 5.75 Å². The quantitative estimate of drug-likeness (QED) is 0.485. The number of hydrogen-bond acceptors (Lipinski definition) is 4. The van der Waals surface area contributed by atoms with Gasteiger partial charge in [0.25, 0.3) is 0 Å². The van der Waals surface area contributed by atoms with Crippen LogP contribution in [0.15, 0.2) is 21.3 Å². The van der Waals surface area contributed by atoms with Crippen molar-refractivity contribution in [2.75, 3.05) is 0 Å². The molecule has 3 rings (SSSR count). The summed E-state index contributed by atoms with van der Waals surface area (Å²) in [5.41, 5.74) is 1.60. The summed E-state index contributed by atoms with van der Waals surface area (Å²) < 4.78 is 5.27. The zero-order valence-electron chi connectivity index (χ0n) is 10.4. The molecule has 98 valence electrons. The minimum atomic E-state index is -0.377. The lowest BCUT2D eigenvalue weighted by Crippen LogP contribution is -2.11. The van der Waals surface area contributed by atoms with E-state index in [-0.39, 0.29) is 22.5 Å². The van der Waals surface area contributed by atoms with Crippen molar-refractivity contribution >= 4 is 17.3 Å². The largest absolute Gasteiger partial charge is 0.507 e. The highest BCUT2D eigenvalue weighted by molar-refractivity contribution is 5.98. The van der Waals surface area contributed by atoms with E-state index in [1.54, 1.807) is 6.07 Å². The van der Waals surface area contributed by atoms with E-state index in [9.17, 15) is 14.7 Å². The van der Waals surface area contributed by atoms with E-state index in [0.29, 0.717) is 6.29 Å². The first-order chi connectivity index (χ1) is 9.22. The Balaban J connectivity index is 2.43. The molecule has 0 amide bonds. The topological polar surface area (TPSA) is 67.5 Å². The molecule has 1 aliphatic rings. The van der Waals surface area contributed by atoms with E-state index in [1.807, 2.05) is 0 Å². The van der Waals surface area contributed by atoms with Gasteiger partial charge in [0.15, 0.2) is 11.9 Å². The molecule has 0 saturated carbocycles. The Morgan fingerprint density at radius 3 is 2.58 bits per heavy atom. The Labute approximate surface area is 109 Å². The lowest BCUT2D eigenvalue weighted by molar-refractivity contribution is 0.112. The Kier molecular flexibility index (Phi) is 2.85. The number of hydrogen-bond donors (Lipinski definition) is 1. The molecule has 1 N–H and O–H groups in total. The normalized spacial score (nSPS) is 14.9. The first-order valence-corrected chi connectivity index (χ1v) is 6.48. The summed E-state index contributed by atoms with van der Waals surface area (Å²) in [5, 5.41) is 10.4. The number of aryl methyl sites for hydroxylation is 1. The molecule has 2 aromatic rings. The van der Waals surface area contributed by atoms with Crippen molar-refractivity contribution in [2.24, 2.45) is 0 Å². The van der Waals surface area contributed by atoms with Crippen LogP contribution in [0.1, 0.15) is 40.7 Å². The zero-order chi connectivity index (χ0) is 13.4. The number of carbonyl (C=O) groups is 1. The summed E-state index contributed by atoms with van der Waals surface area (Å²) in [6.45, 7) is 0. The van der Waals surface area contributed by atoms with Crippen molar-refractivity contribution in [3.63, 3.8) is 0 Å². The molecule has 0 unspecified atom stereocenters. The lowest BCUT2D eigenvalue weighted by atomic mass is 9.98. The Bertz CT molecular complexity index is 712. The van der Waals surface area contributed by atoms with Crippen molar-refractivity contribution in [1.29, 1.82) is 0 Å². The van der Waals surface area contributed by atoms with E-state index in [4.69, 9.17) is 4.42 Å². The minimum absolute atomic E-state index is 0.0571. The van der Waals surface area contributed by atoms with Crippen molar-refractivity contribution in [1.82, 2.24) is 0 Å². The molecular weight excluding hydrogens is 244 g/mol. The third-order valence-electron chi connectivity index (χ3n) is 3.78. The molecule has 0 saturated heterocycles. The third kappa shape index (κ3) is 1.84. The summed E-state index contributed by atoms with van der Waals surface area (Å²) in [6, 6.07) is 3.21. The number of carbonyl (C=O) groups excluding carboxylic acids is 1. The van der Waals surface area contributed by atoms with Gasteiger partial charge >= 0.3 is 5.63 Å². The van der Waals surface area contributed by atoms with E-state index < -0.39 is 0 Å². The van der Waals surface area contributed by atoms with Crippen molar-refractivity contribution in [3.05, 3.63) is 39.2 Å². The molecule has 1 heterocycles. The lowest BCUT2D eigenvalue weighted by Gasteiger charge is -2.10. The molecule has 0 atom stereocenters. The number of aldehydes is 1. The van der Waals surface area contributed by atoms with Gasteiger partial charge in [0.05, 0.1) is 5.56 Å². The van der Waals surface area contributed by atoms with Crippen LogP contribution in [-0.2, 0) is 12.8 Å². The number of phenolic OH excluding ortho intramolecular Hbond substituents is 1. The van der Waals surface area contributed by atoms with Crippen LogP contribution >= 0.6 is 0 Å². The first kappa shape index (κ1) is 12.0. The standard InChI is InChI=1S/C15H14O4/c16-8-12-13(17)7-6-10-9-4-2-1-3-5-11(9)15(18)19-14(10)12/h6-8,17H,1-5H2. The smallest absolute Gasteiger partial charge is 0.339 e. The summed E-state index contributed by atoms with van der Waals surface area (Å²) >= 11 is 0. The van der Waals surface area contributed by atoms with Crippen LogP contribution in [0.4, 0.5) is 0 Å². The predicted octanol–water partition coefficient (Wildman–Crippen LogP) is 2.58. The third-order valence-corrected chi connectivity index (χ3v) is 3.78. The Morgan fingerprint density at radius 2 is 1.84 bits per heavy atom.